The van der Waals surface area contributed by atoms with Crippen LogP contribution in [0.3, 0.4) is 0 Å². The van der Waals surface area contributed by atoms with Crippen molar-refractivity contribution >= 4 is 0 Å². The quantitative estimate of drug-likeness (QED) is 0.387. The van der Waals surface area contributed by atoms with Crippen LogP contribution < -0.4 is 4.74 Å². The summed E-state index contributed by atoms with van der Waals surface area (Å²) in [6, 6.07) is 19.3. The van der Waals surface area contributed by atoms with Crippen LogP contribution in [0.5, 0.6) is 5.75 Å². The first kappa shape index (κ1) is 24.3. The topological polar surface area (TPSA) is 39.5 Å². The molecule has 3 rings (SSSR count). The van der Waals surface area contributed by atoms with Crippen LogP contribution in [0.25, 0.3) is 0 Å². The van der Waals surface area contributed by atoms with Crippen molar-refractivity contribution in [2.24, 2.45) is 0 Å². The summed E-state index contributed by atoms with van der Waals surface area (Å²) in [6.07, 6.45) is 7.29. The van der Waals surface area contributed by atoms with E-state index in [4.69, 9.17) is 4.74 Å². The molecule has 1 aliphatic rings. The highest BCUT2D eigenvalue weighted by Crippen LogP contribution is 2.29. The molecule has 1 unspecified atom stereocenters. The zero-order chi connectivity index (χ0) is 22.6. The largest absolute Gasteiger partial charge is 0.494 e. The number of benzene rings is 2. The van der Waals surface area contributed by atoms with Crippen LogP contribution >= 0.6 is 0 Å². The number of para-hydroxylation sites is 1. The summed E-state index contributed by atoms with van der Waals surface area (Å²) >= 11 is 0. The van der Waals surface area contributed by atoms with Crippen LogP contribution in [0.2, 0.25) is 0 Å². The highest BCUT2D eigenvalue weighted by Gasteiger charge is 2.25. The molecule has 0 amide bonds. The second kappa shape index (κ2) is 13.3. The first-order valence-corrected chi connectivity index (χ1v) is 12.4. The number of hydrogen-bond donors (Lipinski definition) is 0. The average Bonchev–Trinajstić information content (AvgIpc) is 2.83. The molecule has 172 valence electrons. The third-order valence-corrected chi connectivity index (χ3v) is 6.57. The summed E-state index contributed by atoms with van der Waals surface area (Å²) in [5, 5.41) is 9.29. The van der Waals surface area contributed by atoms with E-state index in [-0.39, 0.29) is 0 Å². The zero-order valence-corrected chi connectivity index (χ0v) is 19.9. The maximum absolute atomic E-state index is 9.29. The lowest BCUT2D eigenvalue weighted by atomic mass is 9.95. The molecule has 1 heterocycles. The number of nitrogens with zero attached hydrogens (tertiary/aromatic N) is 3. The molecule has 4 nitrogen and oxygen atoms in total. The van der Waals surface area contributed by atoms with Gasteiger partial charge in [0, 0.05) is 32.2 Å². The molecule has 1 aliphatic heterocycles. The van der Waals surface area contributed by atoms with Gasteiger partial charge in [-0.1, -0.05) is 56.5 Å². The SMILES string of the molecule is CCCCCC(c1ccc(C#N)c(C)c1)N1CCN(CCCCOc2ccccc2)CC1. The van der Waals surface area contributed by atoms with Crippen molar-refractivity contribution in [1.29, 1.82) is 5.26 Å². The minimum absolute atomic E-state index is 0.467. The molecule has 0 aromatic heterocycles. The summed E-state index contributed by atoms with van der Waals surface area (Å²) in [7, 11) is 0. The fourth-order valence-corrected chi connectivity index (χ4v) is 4.61. The molecule has 0 radical (unpaired) electrons. The van der Waals surface area contributed by atoms with Gasteiger partial charge in [-0.05, 0) is 62.1 Å². The summed E-state index contributed by atoms with van der Waals surface area (Å²) < 4.78 is 5.82. The van der Waals surface area contributed by atoms with E-state index < -0.39 is 0 Å². The van der Waals surface area contributed by atoms with Crippen LogP contribution in [0.15, 0.2) is 48.5 Å². The van der Waals surface area contributed by atoms with E-state index in [1.807, 2.05) is 36.4 Å². The second-order valence-electron chi connectivity index (χ2n) is 8.94. The molecule has 2 aromatic carbocycles. The van der Waals surface area contributed by atoms with Crippen molar-refractivity contribution in [3.8, 4) is 11.8 Å². The number of hydrogen-bond acceptors (Lipinski definition) is 4. The number of piperazine rings is 1. The highest BCUT2D eigenvalue weighted by molar-refractivity contribution is 5.40. The molecule has 1 saturated heterocycles. The molecule has 0 saturated carbocycles. The molecule has 1 fully saturated rings. The molecule has 32 heavy (non-hydrogen) atoms. The van der Waals surface area contributed by atoms with Gasteiger partial charge >= 0.3 is 0 Å². The fraction of sp³-hybridized carbons (Fsp3) is 0.536. The lowest BCUT2D eigenvalue weighted by molar-refractivity contribution is 0.0888. The molecular weight excluding hydrogens is 394 g/mol. The molecule has 0 aliphatic carbocycles. The van der Waals surface area contributed by atoms with Gasteiger partial charge < -0.3 is 9.64 Å². The molecule has 1 atom stereocenters. The predicted octanol–water partition coefficient (Wildman–Crippen LogP) is 5.96. The third kappa shape index (κ3) is 7.36. The average molecular weight is 434 g/mol. The van der Waals surface area contributed by atoms with Crippen LogP contribution in [-0.4, -0.2) is 49.1 Å². The summed E-state index contributed by atoms with van der Waals surface area (Å²) in [6.45, 7) is 10.8. The fourth-order valence-electron chi connectivity index (χ4n) is 4.61. The first-order chi connectivity index (χ1) is 15.7. The van der Waals surface area contributed by atoms with Crippen LogP contribution in [0.4, 0.5) is 0 Å². The van der Waals surface area contributed by atoms with Gasteiger partial charge in [0.1, 0.15) is 5.75 Å². The third-order valence-electron chi connectivity index (χ3n) is 6.57. The van der Waals surface area contributed by atoms with Gasteiger partial charge in [-0.2, -0.15) is 5.26 Å². The van der Waals surface area contributed by atoms with Gasteiger partial charge in [-0.25, -0.2) is 0 Å². The first-order valence-electron chi connectivity index (χ1n) is 12.4. The Labute approximate surface area is 194 Å². The number of aryl methyl sites for hydroxylation is 1. The molecule has 4 heteroatoms. The van der Waals surface area contributed by atoms with Gasteiger partial charge in [-0.3, -0.25) is 4.90 Å². The van der Waals surface area contributed by atoms with Crippen LogP contribution in [0, 0.1) is 18.3 Å². The van der Waals surface area contributed by atoms with Crippen molar-refractivity contribution < 1.29 is 4.74 Å². The van der Waals surface area contributed by atoms with E-state index in [9.17, 15) is 5.26 Å². The molecule has 0 spiro atoms. The van der Waals surface area contributed by atoms with Gasteiger partial charge in [0.05, 0.1) is 18.2 Å². The van der Waals surface area contributed by atoms with Crippen molar-refractivity contribution in [1.82, 2.24) is 9.80 Å². The minimum atomic E-state index is 0.467. The van der Waals surface area contributed by atoms with Crippen molar-refractivity contribution in [2.45, 2.75) is 58.4 Å². The van der Waals surface area contributed by atoms with E-state index in [1.54, 1.807) is 0 Å². The van der Waals surface area contributed by atoms with Gasteiger partial charge in [-0.15, -0.1) is 0 Å². The second-order valence-corrected chi connectivity index (χ2v) is 8.94. The van der Waals surface area contributed by atoms with E-state index in [0.717, 1.165) is 62.6 Å². The summed E-state index contributed by atoms with van der Waals surface area (Å²) in [5.41, 5.74) is 3.27. The van der Waals surface area contributed by atoms with E-state index in [0.29, 0.717) is 6.04 Å². The van der Waals surface area contributed by atoms with Crippen LogP contribution in [-0.2, 0) is 0 Å². The Hall–Kier alpha value is -2.35. The minimum Gasteiger partial charge on any atom is -0.494 e. The van der Waals surface area contributed by atoms with E-state index in [1.165, 1.54) is 37.7 Å². The van der Waals surface area contributed by atoms with Crippen molar-refractivity contribution in [2.75, 3.05) is 39.3 Å². The molecular formula is C28H39N3O. The van der Waals surface area contributed by atoms with Crippen molar-refractivity contribution in [3.63, 3.8) is 0 Å². The normalized spacial score (nSPS) is 15.9. The molecule has 2 aromatic rings. The Kier molecular flexibility index (Phi) is 10.1. The maximum atomic E-state index is 9.29. The summed E-state index contributed by atoms with van der Waals surface area (Å²) in [4.78, 5) is 5.28. The van der Waals surface area contributed by atoms with Gasteiger partial charge in [0.25, 0.3) is 0 Å². The van der Waals surface area contributed by atoms with Crippen LogP contribution in [0.1, 0.15) is 68.2 Å². The van der Waals surface area contributed by atoms with E-state index in [2.05, 4.69) is 41.8 Å². The monoisotopic (exact) mass is 433 g/mol. The highest BCUT2D eigenvalue weighted by atomic mass is 16.5. The van der Waals surface area contributed by atoms with Gasteiger partial charge in [0.2, 0.25) is 0 Å². The Morgan fingerprint density at radius 2 is 1.75 bits per heavy atom. The lowest BCUT2D eigenvalue weighted by Gasteiger charge is -2.40. The Bertz CT molecular complexity index is 838. The number of ether oxygens (including phenoxy) is 1. The van der Waals surface area contributed by atoms with Gasteiger partial charge in [0.15, 0.2) is 0 Å². The Morgan fingerprint density at radius 1 is 0.969 bits per heavy atom. The smallest absolute Gasteiger partial charge is 0.119 e. The number of unbranched alkanes of at least 4 members (excludes halogenated alkanes) is 3. The summed E-state index contributed by atoms with van der Waals surface area (Å²) in [5.74, 6) is 0.966. The Morgan fingerprint density at radius 3 is 2.44 bits per heavy atom. The predicted molar refractivity (Wildman–Crippen MR) is 132 cm³/mol. The van der Waals surface area contributed by atoms with E-state index >= 15 is 0 Å². The number of nitriles is 1. The lowest BCUT2D eigenvalue weighted by Crippen LogP contribution is -2.47. The maximum Gasteiger partial charge on any atom is 0.119 e. The Balaban J connectivity index is 1.45. The van der Waals surface area contributed by atoms with Crippen molar-refractivity contribution in [3.05, 3.63) is 65.2 Å². The number of rotatable bonds is 12. The standard InChI is InChI=1S/C28H39N3O/c1-3-4-6-13-28(25-14-15-26(23-29)24(2)22-25)31-19-17-30(18-20-31)16-9-10-21-32-27-11-7-5-8-12-27/h5,7-8,11-12,14-15,22,28H,3-4,6,9-10,13,16-21H2,1-2H3. The zero-order valence-electron chi connectivity index (χ0n) is 19.9. The molecule has 0 bridgehead atoms. The molecule has 0 N–H and O–H groups in total.